The maximum absolute atomic E-state index is 13.0. The third-order valence-corrected chi connectivity index (χ3v) is 5.82. The zero-order chi connectivity index (χ0) is 20.3. The van der Waals surface area contributed by atoms with Crippen LogP contribution in [0.4, 0.5) is 17.1 Å². The number of nitro benzene ring substituents is 1. The molecule has 2 aromatic rings. The number of nitro groups is 1. The van der Waals surface area contributed by atoms with Gasteiger partial charge in [-0.1, -0.05) is 11.6 Å². The number of morpholine rings is 1. The molecule has 0 unspecified atom stereocenters. The largest absolute Gasteiger partial charge is 0.495 e. The Hall–Kier alpha value is -2.56. The minimum Gasteiger partial charge on any atom is -0.495 e. The minimum absolute atomic E-state index is 0.00643. The van der Waals surface area contributed by atoms with Gasteiger partial charge >= 0.3 is 0 Å². The first kappa shape index (κ1) is 20.2. The number of halogens is 1. The highest BCUT2D eigenvalue weighted by Crippen LogP contribution is 2.34. The predicted molar refractivity (Wildman–Crippen MR) is 105 cm³/mol. The molecule has 11 heteroatoms. The summed E-state index contributed by atoms with van der Waals surface area (Å²) in [6.07, 6.45) is 0. The number of nitrogens with one attached hydrogen (secondary N) is 1. The molecule has 0 aliphatic carbocycles. The molecule has 0 bridgehead atoms. The molecule has 150 valence electrons. The van der Waals surface area contributed by atoms with Gasteiger partial charge < -0.3 is 14.4 Å². The van der Waals surface area contributed by atoms with E-state index in [0.29, 0.717) is 37.0 Å². The Morgan fingerprint density at radius 1 is 1.21 bits per heavy atom. The van der Waals surface area contributed by atoms with Gasteiger partial charge in [0.1, 0.15) is 10.6 Å². The van der Waals surface area contributed by atoms with Crippen LogP contribution in [0.15, 0.2) is 41.3 Å². The molecule has 9 nitrogen and oxygen atoms in total. The number of hydrogen-bond donors (Lipinski definition) is 1. The number of anilines is 2. The topological polar surface area (TPSA) is 111 Å². The molecule has 1 aliphatic heterocycles. The summed E-state index contributed by atoms with van der Waals surface area (Å²) < 4.78 is 38.9. The van der Waals surface area contributed by atoms with E-state index in [1.165, 1.54) is 25.3 Å². The second-order valence-corrected chi connectivity index (χ2v) is 8.05. The van der Waals surface area contributed by atoms with Crippen LogP contribution < -0.4 is 14.4 Å². The molecule has 0 radical (unpaired) electrons. The summed E-state index contributed by atoms with van der Waals surface area (Å²) in [4.78, 5) is 12.0. The van der Waals surface area contributed by atoms with E-state index in [4.69, 9.17) is 21.1 Å². The minimum atomic E-state index is -4.19. The zero-order valence-corrected chi connectivity index (χ0v) is 16.5. The Kier molecular flexibility index (Phi) is 5.92. The lowest BCUT2D eigenvalue weighted by atomic mass is 10.2. The van der Waals surface area contributed by atoms with E-state index in [2.05, 4.69) is 4.72 Å². The normalized spacial score (nSPS) is 14.6. The van der Waals surface area contributed by atoms with Gasteiger partial charge in [-0.25, -0.2) is 8.42 Å². The Labute approximate surface area is 167 Å². The van der Waals surface area contributed by atoms with Crippen molar-refractivity contribution in [2.24, 2.45) is 0 Å². The van der Waals surface area contributed by atoms with Crippen LogP contribution in [0.25, 0.3) is 0 Å². The summed E-state index contributed by atoms with van der Waals surface area (Å²) in [5.41, 5.74) is 0.546. The number of sulfonamides is 1. The maximum atomic E-state index is 13.0. The van der Waals surface area contributed by atoms with Crippen molar-refractivity contribution in [3.05, 3.63) is 51.5 Å². The molecular weight excluding hydrogens is 410 g/mol. The van der Waals surface area contributed by atoms with Gasteiger partial charge in [-0.2, -0.15) is 0 Å². The van der Waals surface area contributed by atoms with Crippen molar-refractivity contribution < 1.29 is 22.8 Å². The van der Waals surface area contributed by atoms with Gasteiger partial charge in [0.05, 0.1) is 36.6 Å². The van der Waals surface area contributed by atoms with E-state index < -0.39 is 14.9 Å². The molecule has 28 heavy (non-hydrogen) atoms. The molecule has 1 saturated heterocycles. The van der Waals surface area contributed by atoms with Crippen molar-refractivity contribution in [2.45, 2.75) is 4.90 Å². The first-order valence-electron chi connectivity index (χ1n) is 8.29. The van der Waals surface area contributed by atoms with E-state index >= 15 is 0 Å². The third kappa shape index (κ3) is 4.29. The fourth-order valence-corrected chi connectivity index (χ4v) is 4.29. The predicted octanol–water partition coefficient (Wildman–Crippen LogP) is 2.89. The highest BCUT2D eigenvalue weighted by molar-refractivity contribution is 7.92. The summed E-state index contributed by atoms with van der Waals surface area (Å²) in [6, 6.07) is 8.26. The number of ether oxygens (including phenoxy) is 2. The first-order valence-corrected chi connectivity index (χ1v) is 10.2. The third-order valence-electron chi connectivity index (χ3n) is 4.20. The highest BCUT2D eigenvalue weighted by Gasteiger charge is 2.25. The number of hydrogen-bond acceptors (Lipinski definition) is 7. The van der Waals surface area contributed by atoms with Crippen LogP contribution in [0, 0.1) is 10.1 Å². The molecule has 0 saturated carbocycles. The average Bonchev–Trinajstić information content (AvgIpc) is 2.68. The molecule has 1 heterocycles. The first-order chi connectivity index (χ1) is 13.3. The van der Waals surface area contributed by atoms with E-state index in [9.17, 15) is 18.5 Å². The molecule has 1 fully saturated rings. The Bertz CT molecular complexity index is 992. The lowest BCUT2D eigenvalue weighted by molar-refractivity contribution is -0.385. The van der Waals surface area contributed by atoms with Gasteiger partial charge in [0.15, 0.2) is 0 Å². The fourth-order valence-electron chi connectivity index (χ4n) is 2.86. The van der Waals surface area contributed by atoms with Crippen molar-refractivity contribution in [3.63, 3.8) is 0 Å². The van der Waals surface area contributed by atoms with E-state index in [0.717, 1.165) is 6.07 Å². The summed E-state index contributed by atoms with van der Waals surface area (Å²) in [5, 5.41) is 11.4. The van der Waals surface area contributed by atoms with Gasteiger partial charge in [0.25, 0.3) is 15.7 Å². The molecule has 0 atom stereocenters. The Morgan fingerprint density at radius 3 is 2.57 bits per heavy atom. The average molecular weight is 428 g/mol. The molecule has 3 rings (SSSR count). The molecule has 1 N–H and O–H groups in total. The summed E-state index contributed by atoms with van der Waals surface area (Å²) in [5.74, 6) is -0.00643. The maximum Gasteiger partial charge on any atom is 0.271 e. The summed E-state index contributed by atoms with van der Waals surface area (Å²) in [7, 11) is -2.90. The van der Waals surface area contributed by atoms with Gasteiger partial charge in [0, 0.05) is 30.2 Å². The van der Waals surface area contributed by atoms with Gasteiger partial charge in [-0.3, -0.25) is 14.8 Å². The lowest BCUT2D eigenvalue weighted by Crippen LogP contribution is -2.36. The number of nitrogens with zero attached hydrogens (tertiary/aromatic N) is 2. The Morgan fingerprint density at radius 2 is 1.93 bits per heavy atom. The monoisotopic (exact) mass is 427 g/mol. The summed E-state index contributed by atoms with van der Waals surface area (Å²) in [6.45, 7) is 2.23. The van der Waals surface area contributed by atoms with Crippen LogP contribution in [-0.2, 0) is 14.8 Å². The van der Waals surface area contributed by atoms with Crippen molar-refractivity contribution in [2.75, 3.05) is 43.0 Å². The SMILES string of the molecule is COc1ccc([N+](=O)[O-])cc1S(=O)(=O)Nc1cc(Cl)ccc1N1CCOCC1. The fraction of sp³-hybridized carbons (Fsp3) is 0.294. The molecule has 0 amide bonds. The van der Waals surface area contributed by atoms with Gasteiger partial charge in [-0.05, 0) is 24.3 Å². The number of rotatable bonds is 6. The second kappa shape index (κ2) is 8.21. The Balaban J connectivity index is 2.02. The molecule has 2 aromatic carbocycles. The molecular formula is C17H18ClN3O6S. The quantitative estimate of drug-likeness (QED) is 0.557. The number of benzene rings is 2. The highest BCUT2D eigenvalue weighted by atomic mass is 35.5. The number of non-ortho nitro benzene ring substituents is 1. The van der Waals surface area contributed by atoms with Crippen LogP contribution >= 0.6 is 11.6 Å². The van der Waals surface area contributed by atoms with Crippen LogP contribution in [-0.4, -0.2) is 46.8 Å². The van der Waals surface area contributed by atoms with Gasteiger partial charge in [-0.15, -0.1) is 0 Å². The zero-order valence-electron chi connectivity index (χ0n) is 14.9. The van der Waals surface area contributed by atoms with Crippen molar-refractivity contribution in [1.82, 2.24) is 0 Å². The van der Waals surface area contributed by atoms with E-state index in [-0.39, 0.29) is 22.0 Å². The van der Waals surface area contributed by atoms with Crippen LogP contribution in [0.5, 0.6) is 5.75 Å². The molecule has 0 aromatic heterocycles. The van der Waals surface area contributed by atoms with Crippen LogP contribution in [0.3, 0.4) is 0 Å². The molecule has 1 aliphatic rings. The van der Waals surface area contributed by atoms with Crippen LogP contribution in [0.2, 0.25) is 5.02 Å². The van der Waals surface area contributed by atoms with E-state index in [1.807, 2.05) is 4.90 Å². The standard InChI is InChI=1S/C17H18ClN3O6S/c1-26-16-5-3-13(21(22)23)11-17(16)28(24,25)19-14-10-12(18)2-4-15(14)20-6-8-27-9-7-20/h2-5,10-11,19H,6-9H2,1H3. The van der Waals surface area contributed by atoms with Gasteiger partial charge in [0.2, 0.25) is 0 Å². The molecule has 0 spiro atoms. The number of methoxy groups -OCH3 is 1. The lowest BCUT2D eigenvalue weighted by Gasteiger charge is -2.30. The summed E-state index contributed by atoms with van der Waals surface area (Å²) >= 11 is 6.06. The van der Waals surface area contributed by atoms with Crippen LogP contribution in [0.1, 0.15) is 0 Å². The second-order valence-electron chi connectivity index (χ2n) is 5.96. The van der Waals surface area contributed by atoms with E-state index in [1.54, 1.807) is 12.1 Å². The van der Waals surface area contributed by atoms with Crippen molar-refractivity contribution >= 4 is 38.7 Å². The van der Waals surface area contributed by atoms with Crippen molar-refractivity contribution in [1.29, 1.82) is 0 Å². The smallest absolute Gasteiger partial charge is 0.271 e. The van der Waals surface area contributed by atoms with Crippen molar-refractivity contribution in [3.8, 4) is 5.75 Å².